The highest BCUT2D eigenvalue weighted by Gasteiger charge is 2.09. The predicted octanol–water partition coefficient (Wildman–Crippen LogP) is 4.42. The van der Waals surface area contributed by atoms with Crippen LogP contribution >= 0.6 is 27.5 Å². The van der Waals surface area contributed by atoms with Gasteiger partial charge in [0.2, 0.25) is 0 Å². The molecule has 0 aromatic heterocycles. The quantitative estimate of drug-likeness (QED) is 0.727. The summed E-state index contributed by atoms with van der Waals surface area (Å²) in [6.07, 6.45) is 0.387. The topological polar surface area (TPSA) is 61.4 Å². The predicted molar refractivity (Wildman–Crippen MR) is 89.0 cm³/mol. The number of anilines is 2. The Hall–Kier alpha value is -1.63. The molecule has 0 aliphatic heterocycles. The number of urea groups is 1. The molecule has 0 bridgehead atoms. The summed E-state index contributed by atoms with van der Waals surface area (Å²) in [5.74, 6) is -0.464. The summed E-state index contributed by atoms with van der Waals surface area (Å²) in [6.45, 7) is -0.0469. The second-order valence-electron chi connectivity index (χ2n) is 4.51. The summed E-state index contributed by atoms with van der Waals surface area (Å²) in [6, 6.07) is 8.55. The van der Waals surface area contributed by atoms with Gasteiger partial charge in [-0.25, -0.2) is 9.18 Å². The Morgan fingerprint density at radius 1 is 1.23 bits per heavy atom. The molecule has 0 saturated heterocycles. The maximum Gasteiger partial charge on any atom is 0.323 e. The maximum absolute atomic E-state index is 13.3. The SMILES string of the molecule is O=C(Nc1cc(F)cc(Br)c1)Nc1cc(Cl)ccc1CCO. The first-order valence-electron chi connectivity index (χ1n) is 6.41. The van der Waals surface area contributed by atoms with Crippen molar-refractivity contribution >= 4 is 44.9 Å². The highest BCUT2D eigenvalue weighted by Crippen LogP contribution is 2.23. The van der Waals surface area contributed by atoms with Gasteiger partial charge in [0.05, 0.1) is 0 Å². The molecular formula is C15H13BrClFN2O2. The lowest BCUT2D eigenvalue weighted by Gasteiger charge is -2.12. The number of carbonyl (C=O) groups excluding carboxylic acids is 1. The first-order valence-corrected chi connectivity index (χ1v) is 7.58. The van der Waals surface area contributed by atoms with E-state index in [1.165, 1.54) is 12.1 Å². The van der Waals surface area contributed by atoms with Crippen molar-refractivity contribution in [1.29, 1.82) is 0 Å². The van der Waals surface area contributed by atoms with E-state index in [0.29, 0.717) is 27.3 Å². The molecule has 4 nitrogen and oxygen atoms in total. The molecule has 2 amide bonds. The van der Waals surface area contributed by atoms with Crippen LogP contribution < -0.4 is 10.6 Å². The summed E-state index contributed by atoms with van der Waals surface area (Å²) in [5, 5.41) is 14.7. The molecule has 0 heterocycles. The van der Waals surface area contributed by atoms with E-state index in [0.717, 1.165) is 5.56 Å². The Morgan fingerprint density at radius 3 is 2.68 bits per heavy atom. The van der Waals surface area contributed by atoms with Crippen molar-refractivity contribution < 1.29 is 14.3 Å². The molecular weight excluding hydrogens is 375 g/mol. The van der Waals surface area contributed by atoms with E-state index >= 15 is 0 Å². The van der Waals surface area contributed by atoms with Gasteiger partial charge in [0.25, 0.3) is 0 Å². The van der Waals surface area contributed by atoms with Gasteiger partial charge < -0.3 is 15.7 Å². The van der Waals surface area contributed by atoms with E-state index in [9.17, 15) is 9.18 Å². The van der Waals surface area contributed by atoms with Crippen LogP contribution in [0, 0.1) is 5.82 Å². The van der Waals surface area contributed by atoms with Crippen molar-refractivity contribution in [1.82, 2.24) is 0 Å². The number of hydrogen-bond donors (Lipinski definition) is 3. The number of amides is 2. The second-order valence-corrected chi connectivity index (χ2v) is 5.86. The zero-order valence-electron chi connectivity index (χ0n) is 11.4. The number of benzene rings is 2. The standard InChI is InChI=1S/C15H13BrClFN2O2/c16-10-5-12(18)8-13(6-10)19-15(22)20-14-7-11(17)2-1-9(14)3-4-21/h1-2,5-8,21H,3-4H2,(H2,19,20,22). The normalized spacial score (nSPS) is 10.4. The summed E-state index contributed by atoms with van der Waals surface area (Å²) in [4.78, 5) is 12.0. The minimum atomic E-state index is -0.529. The monoisotopic (exact) mass is 386 g/mol. The molecule has 2 aromatic rings. The summed E-state index contributed by atoms with van der Waals surface area (Å²) in [5.41, 5.74) is 1.56. The van der Waals surface area contributed by atoms with Crippen LogP contribution in [0.2, 0.25) is 5.02 Å². The van der Waals surface area contributed by atoms with Gasteiger partial charge in [0.15, 0.2) is 0 Å². The van der Waals surface area contributed by atoms with Crippen LogP contribution in [0.15, 0.2) is 40.9 Å². The first-order chi connectivity index (χ1) is 10.5. The fourth-order valence-electron chi connectivity index (χ4n) is 1.91. The summed E-state index contributed by atoms with van der Waals surface area (Å²) < 4.78 is 13.8. The number of aliphatic hydroxyl groups is 1. The van der Waals surface area contributed by atoms with Crippen LogP contribution in [0.25, 0.3) is 0 Å². The second kappa shape index (κ2) is 7.58. The van der Waals surface area contributed by atoms with Gasteiger partial charge in [-0.2, -0.15) is 0 Å². The fourth-order valence-corrected chi connectivity index (χ4v) is 2.55. The summed E-state index contributed by atoms with van der Waals surface area (Å²) >= 11 is 9.07. The molecule has 0 atom stereocenters. The molecule has 2 rings (SSSR count). The van der Waals surface area contributed by atoms with Gasteiger partial charge in [-0.05, 0) is 42.3 Å². The van der Waals surface area contributed by atoms with Crippen LogP contribution in [-0.2, 0) is 6.42 Å². The molecule has 22 heavy (non-hydrogen) atoms. The molecule has 7 heteroatoms. The van der Waals surface area contributed by atoms with Crippen molar-refractivity contribution in [3.63, 3.8) is 0 Å². The van der Waals surface area contributed by atoms with Crippen molar-refractivity contribution in [2.75, 3.05) is 17.2 Å². The molecule has 0 spiro atoms. The molecule has 0 radical (unpaired) electrons. The van der Waals surface area contributed by atoms with Gasteiger partial charge in [0, 0.05) is 27.5 Å². The largest absolute Gasteiger partial charge is 0.396 e. The van der Waals surface area contributed by atoms with Crippen LogP contribution in [-0.4, -0.2) is 17.7 Å². The van der Waals surface area contributed by atoms with Crippen molar-refractivity contribution in [2.24, 2.45) is 0 Å². The van der Waals surface area contributed by atoms with E-state index in [-0.39, 0.29) is 6.61 Å². The number of aliphatic hydroxyl groups excluding tert-OH is 1. The smallest absolute Gasteiger partial charge is 0.323 e. The molecule has 0 saturated carbocycles. The highest BCUT2D eigenvalue weighted by atomic mass is 79.9. The Balaban J connectivity index is 2.13. The highest BCUT2D eigenvalue weighted by molar-refractivity contribution is 9.10. The average molecular weight is 388 g/mol. The minimum absolute atomic E-state index is 0.0469. The Bertz CT molecular complexity index is 677. The Morgan fingerprint density at radius 2 is 2.00 bits per heavy atom. The van der Waals surface area contributed by atoms with Gasteiger partial charge >= 0.3 is 6.03 Å². The van der Waals surface area contributed by atoms with Crippen LogP contribution in [0.3, 0.4) is 0 Å². The number of halogens is 3. The third-order valence-corrected chi connectivity index (χ3v) is 3.51. The number of rotatable bonds is 4. The van der Waals surface area contributed by atoms with Crippen LogP contribution in [0.1, 0.15) is 5.56 Å². The van der Waals surface area contributed by atoms with Gasteiger partial charge in [-0.1, -0.05) is 33.6 Å². The minimum Gasteiger partial charge on any atom is -0.396 e. The molecule has 0 fully saturated rings. The third kappa shape index (κ3) is 4.69. The van der Waals surface area contributed by atoms with E-state index in [4.69, 9.17) is 16.7 Å². The lowest BCUT2D eigenvalue weighted by Crippen LogP contribution is -2.20. The summed E-state index contributed by atoms with van der Waals surface area (Å²) in [7, 11) is 0. The Labute approximate surface area is 140 Å². The zero-order chi connectivity index (χ0) is 16.1. The van der Waals surface area contributed by atoms with E-state index < -0.39 is 11.8 Å². The Kier molecular flexibility index (Phi) is 5.76. The lowest BCUT2D eigenvalue weighted by atomic mass is 10.1. The van der Waals surface area contributed by atoms with E-state index in [1.54, 1.807) is 24.3 Å². The third-order valence-electron chi connectivity index (χ3n) is 2.82. The number of hydrogen-bond acceptors (Lipinski definition) is 2. The molecule has 2 aromatic carbocycles. The van der Waals surface area contributed by atoms with Crippen molar-refractivity contribution in [3.8, 4) is 0 Å². The van der Waals surface area contributed by atoms with E-state index in [1.807, 2.05) is 0 Å². The molecule has 0 aliphatic carbocycles. The molecule has 3 N–H and O–H groups in total. The lowest BCUT2D eigenvalue weighted by molar-refractivity contribution is 0.262. The fraction of sp³-hybridized carbons (Fsp3) is 0.133. The maximum atomic E-state index is 13.3. The van der Waals surface area contributed by atoms with Crippen LogP contribution in [0.5, 0.6) is 0 Å². The van der Waals surface area contributed by atoms with E-state index in [2.05, 4.69) is 26.6 Å². The molecule has 116 valence electrons. The van der Waals surface area contributed by atoms with Crippen LogP contribution in [0.4, 0.5) is 20.6 Å². The number of nitrogens with one attached hydrogen (secondary N) is 2. The van der Waals surface area contributed by atoms with Gasteiger partial charge in [-0.3, -0.25) is 0 Å². The molecule has 0 aliphatic rings. The number of carbonyl (C=O) groups is 1. The first kappa shape index (κ1) is 16.7. The van der Waals surface area contributed by atoms with Crippen molar-refractivity contribution in [2.45, 2.75) is 6.42 Å². The zero-order valence-corrected chi connectivity index (χ0v) is 13.7. The van der Waals surface area contributed by atoms with Gasteiger partial charge in [-0.15, -0.1) is 0 Å². The molecule has 0 unspecified atom stereocenters. The average Bonchev–Trinajstić information content (AvgIpc) is 2.40. The van der Waals surface area contributed by atoms with Gasteiger partial charge in [0.1, 0.15) is 5.82 Å². The van der Waals surface area contributed by atoms with Crippen molar-refractivity contribution in [3.05, 3.63) is 57.3 Å².